The smallest absolute Gasteiger partial charge is 0.306 e. The number of methoxy groups -OCH3 is 7. The Bertz CT molecular complexity index is 1890. The summed E-state index contributed by atoms with van der Waals surface area (Å²) in [6.45, 7) is 0.651. The SMILES string of the molecule is COC(=O)C[C@@H](c1ccc(OC)c(O)c1)c1oc(CN2CCc3cc(OC)c(OC)cc3[C@@H]2c2cc(OC)c(OC)c(OC)c2)cc(=O)c1O. The van der Waals surface area contributed by atoms with Gasteiger partial charge in [-0.3, -0.25) is 14.5 Å². The Morgan fingerprint density at radius 2 is 1.46 bits per heavy atom. The molecule has 1 aliphatic rings. The molecule has 266 valence electrons. The highest BCUT2D eigenvalue weighted by Gasteiger charge is 2.34. The number of aromatic hydroxyl groups is 2. The van der Waals surface area contributed by atoms with Gasteiger partial charge in [-0.05, 0) is 65.1 Å². The fourth-order valence-corrected chi connectivity index (χ4v) is 6.42. The summed E-state index contributed by atoms with van der Waals surface area (Å²) in [4.78, 5) is 28.0. The molecule has 13 heteroatoms. The highest BCUT2D eigenvalue weighted by molar-refractivity contribution is 5.71. The number of nitrogens with zero attached hydrogens (tertiary/aromatic N) is 1. The zero-order valence-corrected chi connectivity index (χ0v) is 29.0. The van der Waals surface area contributed by atoms with Crippen molar-refractivity contribution < 1.29 is 52.6 Å². The van der Waals surface area contributed by atoms with Gasteiger partial charge < -0.3 is 47.8 Å². The molecule has 0 saturated heterocycles. The van der Waals surface area contributed by atoms with Gasteiger partial charge in [0.15, 0.2) is 40.3 Å². The van der Waals surface area contributed by atoms with Crippen LogP contribution >= 0.6 is 0 Å². The van der Waals surface area contributed by atoms with E-state index in [0.717, 1.165) is 16.7 Å². The molecule has 2 atom stereocenters. The maximum Gasteiger partial charge on any atom is 0.306 e. The lowest BCUT2D eigenvalue weighted by molar-refractivity contribution is -0.140. The van der Waals surface area contributed by atoms with Crippen molar-refractivity contribution in [1.82, 2.24) is 4.90 Å². The van der Waals surface area contributed by atoms with Crippen LogP contribution in [0.25, 0.3) is 0 Å². The summed E-state index contributed by atoms with van der Waals surface area (Å²) in [6.07, 6.45) is 0.344. The summed E-state index contributed by atoms with van der Waals surface area (Å²) >= 11 is 0. The average Bonchev–Trinajstić information content (AvgIpc) is 3.13. The predicted molar refractivity (Wildman–Crippen MR) is 181 cm³/mol. The van der Waals surface area contributed by atoms with E-state index in [0.29, 0.717) is 47.3 Å². The molecule has 0 saturated carbocycles. The first-order valence-corrected chi connectivity index (χ1v) is 15.7. The quantitative estimate of drug-likeness (QED) is 0.182. The molecule has 3 aromatic carbocycles. The number of carbonyl (C=O) groups is 1. The number of fused-ring (bicyclic) bond motifs is 1. The van der Waals surface area contributed by atoms with E-state index in [1.807, 2.05) is 24.3 Å². The van der Waals surface area contributed by atoms with Gasteiger partial charge in [0.1, 0.15) is 5.76 Å². The summed E-state index contributed by atoms with van der Waals surface area (Å²) < 4.78 is 44.6. The monoisotopic (exact) mass is 691 g/mol. The maximum absolute atomic E-state index is 13.3. The third-order valence-electron chi connectivity index (χ3n) is 8.86. The Balaban J connectivity index is 1.65. The molecule has 2 heterocycles. The number of hydrogen-bond acceptors (Lipinski definition) is 13. The summed E-state index contributed by atoms with van der Waals surface area (Å²) in [5.41, 5.74) is 2.45. The van der Waals surface area contributed by atoms with Crippen LogP contribution in [0.1, 0.15) is 52.2 Å². The van der Waals surface area contributed by atoms with E-state index < -0.39 is 29.1 Å². The molecule has 0 unspecified atom stereocenters. The Morgan fingerprint density at radius 3 is 2.04 bits per heavy atom. The molecule has 50 heavy (non-hydrogen) atoms. The van der Waals surface area contributed by atoms with Crippen LogP contribution in [0.15, 0.2) is 57.7 Å². The van der Waals surface area contributed by atoms with Gasteiger partial charge in [0, 0.05) is 12.6 Å². The van der Waals surface area contributed by atoms with Crippen molar-refractivity contribution in [3.63, 3.8) is 0 Å². The van der Waals surface area contributed by atoms with E-state index in [-0.39, 0.29) is 36.0 Å². The highest BCUT2D eigenvalue weighted by Crippen LogP contribution is 2.46. The van der Waals surface area contributed by atoms with Gasteiger partial charge in [0.25, 0.3) is 0 Å². The lowest BCUT2D eigenvalue weighted by atomic mass is 9.87. The molecular formula is C37H41NO12. The molecule has 0 aliphatic carbocycles. The number of carbonyl (C=O) groups excluding carboxylic acids is 1. The normalized spacial score (nSPS) is 14.7. The lowest BCUT2D eigenvalue weighted by Gasteiger charge is -2.38. The standard InChI is InChI=1S/C37H41NO12/c1-43-28-9-8-20(12-26(28)39)25(18-33(41)48-6)36-35(42)27(40)16-23(50-36)19-38-11-10-21-13-29(44-2)30(45-3)17-24(21)34(38)22-14-31(46-4)37(49-7)32(15-22)47-5/h8-9,12-17,25,34,39,42H,10-11,18-19H2,1-7H3/t25-,34-/m0/s1. The second-order valence-electron chi connectivity index (χ2n) is 11.5. The van der Waals surface area contributed by atoms with Crippen LogP contribution in [0, 0.1) is 0 Å². The zero-order valence-electron chi connectivity index (χ0n) is 29.0. The van der Waals surface area contributed by atoms with Gasteiger partial charge in [-0.15, -0.1) is 0 Å². The maximum atomic E-state index is 13.3. The topological polar surface area (TPSA) is 156 Å². The van der Waals surface area contributed by atoms with Gasteiger partial charge in [-0.25, -0.2) is 0 Å². The Kier molecular flexibility index (Phi) is 11.0. The minimum Gasteiger partial charge on any atom is -0.504 e. The summed E-state index contributed by atoms with van der Waals surface area (Å²) in [5.74, 6) is 0.358. The van der Waals surface area contributed by atoms with Gasteiger partial charge in [-0.2, -0.15) is 0 Å². The third-order valence-corrected chi connectivity index (χ3v) is 8.86. The number of phenolic OH excluding ortho intramolecular Hbond substituents is 1. The van der Waals surface area contributed by atoms with E-state index in [4.69, 9.17) is 37.6 Å². The number of rotatable bonds is 13. The van der Waals surface area contributed by atoms with Crippen LogP contribution in [0.5, 0.6) is 46.0 Å². The van der Waals surface area contributed by atoms with Crippen LogP contribution in [-0.4, -0.2) is 77.4 Å². The molecule has 2 N–H and O–H groups in total. The largest absolute Gasteiger partial charge is 0.504 e. The van der Waals surface area contributed by atoms with E-state index in [1.54, 1.807) is 34.5 Å². The first kappa shape index (κ1) is 35.7. The zero-order chi connectivity index (χ0) is 36.1. The fourth-order valence-electron chi connectivity index (χ4n) is 6.42. The summed E-state index contributed by atoms with van der Waals surface area (Å²) in [7, 11) is 10.4. The highest BCUT2D eigenvalue weighted by atomic mass is 16.5. The second kappa shape index (κ2) is 15.3. The fraction of sp³-hybridized carbons (Fsp3) is 0.351. The van der Waals surface area contributed by atoms with E-state index in [2.05, 4.69) is 4.90 Å². The molecular weight excluding hydrogens is 650 g/mol. The molecule has 0 fully saturated rings. The number of phenols is 1. The predicted octanol–water partition coefficient (Wildman–Crippen LogP) is 4.95. The molecule has 0 bridgehead atoms. The number of esters is 1. The van der Waals surface area contributed by atoms with Crippen molar-refractivity contribution in [1.29, 1.82) is 0 Å². The molecule has 13 nitrogen and oxygen atoms in total. The minimum atomic E-state index is -0.975. The van der Waals surface area contributed by atoms with E-state index in [9.17, 15) is 19.8 Å². The Labute approximate surface area is 289 Å². The third kappa shape index (κ3) is 6.95. The van der Waals surface area contributed by atoms with E-state index in [1.165, 1.54) is 39.5 Å². The van der Waals surface area contributed by atoms with Crippen LogP contribution < -0.4 is 33.8 Å². The number of ether oxygens (including phenoxy) is 7. The van der Waals surface area contributed by atoms with Crippen LogP contribution in [-0.2, 0) is 22.5 Å². The van der Waals surface area contributed by atoms with Crippen molar-refractivity contribution in [3.05, 3.63) is 92.5 Å². The molecule has 0 spiro atoms. The van der Waals surface area contributed by atoms with Crippen LogP contribution in [0.4, 0.5) is 0 Å². The Hall–Kier alpha value is -5.56. The molecule has 0 amide bonds. The van der Waals surface area contributed by atoms with Gasteiger partial charge in [0.05, 0.1) is 74.7 Å². The van der Waals surface area contributed by atoms with Crippen LogP contribution in [0.2, 0.25) is 0 Å². The van der Waals surface area contributed by atoms with E-state index >= 15 is 0 Å². The van der Waals surface area contributed by atoms with Crippen molar-refractivity contribution in [2.24, 2.45) is 0 Å². The van der Waals surface area contributed by atoms with Gasteiger partial charge in [-0.1, -0.05) is 6.07 Å². The van der Waals surface area contributed by atoms with Crippen molar-refractivity contribution in [3.8, 4) is 46.0 Å². The molecule has 5 rings (SSSR count). The van der Waals surface area contributed by atoms with Crippen molar-refractivity contribution >= 4 is 5.97 Å². The summed E-state index contributed by atoms with van der Waals surface area (Å²) in [5, 5.41) is 21.5. The second-order valence-corrected chi connectivity index (χ2v) is 11.5. The average molecular weight is 692 g/mol. The van der Waals surface area contributed by atoms with Crippen molar-refractivity contribution in [2.75, 3.05) is 56.3 Å². The molecule has 1 aromatic heterocycles. The first-order valence-electron chi connectivity index (χ1n) is 15.7. The van der Waals surface area contributed by atoms with Gasteiger partial charge in [0.2, 0.25) is 16.9 Å². The lowest BCUT2D eigenvalue weighted by Crippen LogP contribution is -2.36. The number of hydrogen-bond donors (Lipinski definition) is 2. The Morgan fingerprint density at radius 1 is 0.820 bits per heavy atom. The van der Waals surface area contributed by atoms with Crippen molar-refractivity contribution in [2.45, 2.75) is 31.3 Å². The molecule has 1 aliphatic heterocycles. The van der Waals surface area contributed by atoms with Gasteiger partial charge >= 0.3 is 5.97 Å². The van der Waals surface area contributed by atoms with Crippen LogP contribution in [0.3, 0.4) is 0 Å². The molecule has 4 aromatic rings. The number of benzene rings is 3. The first-order chi connectivity index (χ1) is 24.1. The minimum absolute atomic E-state index is 0.121. The summed E-state index contributed by atoms with van der Waals surface area (Å²) in [6, 6.07) is 12.9. The molecule has 0 radical (unpaired) electrons.